The molecule has 0 aromatic rings. The van der Waals surface area contributed by atoms with Gasteiger partial charge >= 0.3 is 0 Å². The summed E-state index contributed by atoms with van der Waals surface area (Å²) in [4.78, 5) is 0. The molecule has 0 aromatic heterocycles. The van der Waals surface area contributed by atoms with Crippen LogP contribution in [0.15, 0.2) is 12.2 Å². The highest BCUT2D eigenvalue weighted by Crippen LogP contribution is 2.50. The molecule has 0 heterocycles. The van der Waals surface area contributed by atoms with Crippen LogP contribution in [-0.2, 0) is 9.09 Å². The summed E-state index contributed by atoms with van der Waals surface area (Å²) < 4.78 is 17.9. The maximum Gasteiger partial charge on any atom is 0.203 e. The minimum Gasteiger partial charge on any atom is -0.396 e. The fourth-order valence-electron chi connectivity index (χ4n) is 2.17. The molecule has 0 fully saturated rings. The molecule has 0 aliphatic heterocycles. The van der Waals surface area contributed by atoms with E-state index in [1.807, 2.05) is 6.92 Å². The highest BCUT2D eigenvalue weighted by Gasteiger charge is 2.26. The molecule has 1 aliphatic carbocycles. The zero-order valence-corrected chi connectivity index (χ0v) is 11.0. The predicted molar refractivity (Wildman–Crippen MR) is 67.2 cm³/mol. The van der Waals surface area contributed by atoms with Gasteiger partial charge in [-0.1, -0.05) is 12.2 Å². The Morgan fingerprint density at radius 2 is 2.31 bits per heavy atom. The van der Waals surface area contributed by atoms with Crippen LogP contribution in [0.3, 0.4) is 0 Å². The lowest BCUT2D eigenvalue weighted by atomic mass is 9.96. The molecule has 1 aliphatic rings. The van der Waals surface area contributed by atoms with Crippen molar-refractivity contribution in [2.24, 2.45) is 5.92 Å². The van der Waals surface area contributed by atoms with Crippen molar-refractivity contribution >= 4 is 7.37 Å². The van der Waals surface area contributed by atoms with E-state index >= 15 is 0 Å². The summed E-state index contributed by atoms with van der Waals surface area (Å²) in [5.74, 6) is 0.501. The van der Waals surface area contributed by atoms with Gasteiger partial charge in [-0.25, -0.2) is 0 Å². The number of hydrogen-bond acceptors (Lipinski definition) is 3. The van der Waals surface area contributed by atoms with Gasteiger partial charge in [0.15, 0.2) is 0 Å². The maximum absolute atomic E-state index is 12.5. The second-order valence-corrected chi connectivity index (χ2v) is 7.07. The standard InChI is InChI=1S/C12H23O3P/c1-2-15-16(14,10-6-9-13)11-12-7-4-3-5-8-12/h3-4,12-13H,2,5-11H2,1H3/t12?,16-/m0/s1. The highest BCUT2D eigenvalue weighted by atomic mass is 31.2. The lowest BCUT2D eigenvalue weighted by molar-refractivity contribution is 0.286. The lowest BCUT2D eigenvalue weighted by Crippen LogP contribution is -2.12. The van der Waals surface area contributed by atoms with Gasteiger partial charge in [-0.3, -0.25) is 4.57 Å². The average Bonchev–Trinajstić information content (AvgIpc) is 2.28. The molecule has 0 radical (unpaired) electrons. The predicted octanol–water partition coefficient (Wildman–Crippen LogP) is 3.04. The SMILES string of the molecule is CCO[P@@](=O)(CCCO)CC1CC=CCC1. The number of hydrogen-bond donors (Lipinski definition) is 1. The average molecular weight is 246 g/mol. The molecule has 3 nitrogen and oxygen atoms in total. The first-order valence-corrected chi connectivity index (χ1v) is 8.18. The van der Waals surface area contributed by atoms with Crippen LogP contribution in [0.1, 0.15) is 32.6 Å². The number of rotatable bonds is 7. The van der Waals surface area contributed by atoms with Gasteiger partial charge in [-0.2, -0.15) is 0 Å². The normalized spacial score (nSPS) is 24.2. The van der Waals surface area contributed by atoms with Crippen LogP contribution in [0, 0.1) is 5.92 Å². The summed E-state index contributed by atoms with van der Waals surface area (Å²) in [7, 11) is -2.50. The molecule has 0 amide bonds. The molecule has 16 heavy (non-hydrogen) atoms. The van der Waals surface area contributed by atoms with Crippen LogP contribution >= 0.6 is 7.37 Å². The molecule has 4 heteroatoms. The molecule has 2 atom stereocenters. The highest BCUT2D eigenvalue weighted by molar-refractivity contribution is 7.59. The van der Waals surface area contributed by atoms with Gasteiger partial charge in [0, 0.05) is 18.9 Å². The molecule has 0 saturated heterocycles. The minimum absolute atomic E-state index is 0.0988. The number of aliphatic hydroxyl groups is 1. The van der Waals surface area contributed by atoms with Gasteiger partial charge in [0.25, 0.3) is 0 Å². The van der Waals surface area contributed by atoms with Crippen molar-refractivity contribution in [3.8, 4) is 0 Å². The molecule has 0 aromatic carbocycles. The maximum atomic E-state index is 12.5. The third-order valence-electron chi connectivity index (χ3n) is 2.94. The van der Waals surface area contributed by atoms with E-state index in [1.54, 1.807) is 0 Å². The summed E-state index contributed by atoms with van der Waals surface area (Å²) in [5.41, 5.74) is 0. The Balaban J connectivity index is 2.48. The molecule has 0 spiro atoms. The Kier molecular flexibility index (Phi) is 6.33. The van der Waals surface area contributed by atoms with Crippen molar-refractivity contribution in [3.63, 3.8) is 0 Å². The van der Waals surface area contributed by atoms with Gasteiger partial charge in [0.05, 0.1) is 6.61 Å². The first-order valence-electron chi connectivity index (χ1n) is 6.18. The second kappa shape index (κ2) is 7.26. The number of allylic oxidation sites excluding steroid dienone is 2. The summed E-state index contributed by atoms with van der Waals surface area (Å²) in [5, 5.41) is 8.82. The van der Waals surface area contributed by atoms with Crippen LogP contribution in [0.4, 0.5) is 0 Å². The van der Waals surface area contributed by atoms with Crippen molar-refractivity contribution in [1.82, 2.24) is 0 Å². The van der Waals surface area contributed by atoms with E-state index in [9.17, 15) is 4.57 Å². The molecule has 0 bridgehead atoms. The van der Waals surface area contributed by atoms with Crippen LogP contribution in [-0.4, -0.2) is 30.6 Å². The van der Waals surface area contributed by atoms with Crippen LogP contribution in [0.5, 0.6) is 0 Å². The van der Waals surface area contributed by atoms with E-state index < -0.39 is 7.37 Å². The third-order valence-corrected chi connectivity index (χ3v) is 5.73. The van der Waals surface area contributed by atoms with Crippen molar-refractivity contribution in [2.45, 2.75) is 32.6 Å². The zero-order chi connectivity index (χ0) is 11.9. The quantitative estimate of drug-likeness (QED) is 0.554. The minimum atomic E-state index is -2.50. The van der Waals surface area contributed by atoms with E-state index in [1.165, 1.54) is 0 Å². The molecule has 1 N–H and O–H groups in total. The first kappa shape index (κ1) is 14.0. The van der Waals surface area contributed by atoms with Crippen LogP contribution in [0.2, 0.25) is 0 Å². The molecular weight excluding hydrogens is 223 g/mol. The monoisotopic (exact) mass is 246 g/mol. The topological polar surface area (TPSA) is 46.5 Å². The Labute approximate surface area is 98.3 Å². The largest absolute Gasteiger partial charge is 0.396 e. The fraction of sp³-hybridized carbons (Fsp3) is 0.833. The summed E-state index contributed by atoms with van der Waals surface area (Å²) >= 11 is 0. The Morgan fingerprint density at radius 3 is 2.88 bits per heavy atom. The van der Waals surface area contributed by atoms with Crippen LogP contribution in [0.25, 0.3) is 0 Å². The van der Waals surface area contributed by atoms with Crippen molar-refractivity contribution in [2.75, 3.05) is 25.5 Å². The smallest absolute Gasteiger partial charge is 0.203 e. The molecular formula is C12H23O3P. The van der Waals surface area contributed by atoms with Gasteiger partial charge in [-0.15, -0.1) is 0 Å². The summed E-state index contributed by atoms with van der Waals surface area (Å²) in [6.07, 6.45) is 9.40. The van der Waals surface area contributed by atoms with E-state index in [-0.39, 0.29) is 6.61 Å². The Morgan fingerprint density at radius 1 is 1.50 bits per heavy atom. The zero-order valence-electron chi connectivity index (χ0n) is 10.1. The molecule has 0 saturated carbocycles. The van der Waals surface area contributed by atoms with Gasteiger partial charge < -0.3 is 9.63 Å². The summed E-state index contributed by atoms with van der Waals surface area (Å²) in [6, 6.07) is 0. The van der Waals surface area contributed by atoms with Gasteiger partial charge in [0.2, 0.25) is 7.37 Å². The van der Waals surface area contributed by atoms with E-state index in [0.29, 0.717) is 31.3 Å². The second-order valence-electron chi connectivity index (χ2n) is 4.37. The van der Waals surface area contributed by atoms with Gasteiger partial charge in [0.1, 0.15) is 0 Å². The lowest BCUT2D eigenvalue weighted by Gasteiger charge is -2.24. The Bertz CT molecular complexity index is 263. The van der Waals surface area contributed by atoms with Crippen molar-refractivity contribution in [3.05, 3.63) is 12.2 Å². The Hall–Kier alpha value is -0.110. The fourth-order valence-corrected chi connectivity index (χ4v) is 4.80. The van der Waals surface area contributed by atoms with E-state index in [2.05, 4.69) is 12.2 Å². The third kappa shape index (κ3) is 4.82. The van der Waals surface area contributed by atoms with Crippen molar-refractivity contribution in [1.29, 1.82) is 0 Å². The molecule has 94 valence electrons. The van der Waals surface area contributed by atoms with E-state index in [0.717, 1.165) is 19.3 Å². The molecule has 1 unspecified atom stereocenters. The van der Waals surface area contributed by atoms with Crippen molar-refractivity contribution < 1.29 is 14.2 Å². The summed E-state index contributed by atoms with van der Waals surface area (Å²) in [6.45, 7) is 2.49. The van der Waals surface area contributed by atoms with E-state index in [4.69, 9.17) is 9.63 Å². The number of aliphatic hydroxyl groups excluding tert-OH is 1. The molecule has 1 rings (SSSR count). The first-order chi connectivity index (χ1) is 7.70. The van der Waals surface area contributed by atoms with Gasteiger partial charge in [-0.05, 0) is 38.5 Å². The van der Waals surface area contributed by atoms with Crippen LogP contribution < -0.4 is 0 Å².